The van der Waals surface area contributed by atoms with Crippen molar-refractivity contribution in [3.8, 4) is 6.07 Å². The van der Waals surface area contributed by atoms with Crippen LogP contribution in [-0.2, 0) is 0 Å². The van der Waals surface area contributed by atoms with Gasteiger partial charge in [-0.25, -0.2) is 0 Å². The molecule has 0 aromatic carbocycles. The largest absolute Gasteiger partial charge is 0.375 e. The van der Waals surface area contributed by atoms with Crippen LogP contribution in [0.25, 0.3) is 0 Å². The number of rotatable bonds is 7. The van der Waals surface area contributed by atoms with Crippen molar-refractivity contribution in [1.29, 1.82) is 5.26 Å². The van der Waals surface area contributed by atoms with Crippen LogP contribution in [0.5, 0.6) is 0 Å². The molecule has 180 valence electrons. The van der Waals surface area contributed by atoms with Gasteiger partial charge in [0.15, 0.2) is 13.3 Å². The van der Waals surface area contributed by atoms with Crippen molar-refractivity contribution in [3.63, 3.8) is 0 Å². The molecular weight excluding hydrogens is 428 g/mol. The average Bonchev–Trinajstić information content (AvgIpc) is 3.36. The molecule has 3 atom stereocenters. The minimum Gasteiger partial charge on any atom is -0.375 e. The SMILES string of the molecule is C[N+]1=CCC(C2=CC=C(C(C#N)CC3=CC=C(NC4(C5=CCCC=C5)C=CC=CC4)CC3)CC2)N1. The Morgan fingerprint density at radius 3 is 2.69 bits per heavy atom. The summed E-state index contributed by atoms with van der Waals surface area (Å²) < 4.78 is 2.06. The van der Waals surface area contributed by atoms with E-state index in [1.807, 2.05) is 0 Å². The lowest BCUT2D eigenvalue weighted by Gasteiger charge is -2.37. The molecule has 5 aliphatic rings. The van der Waals surface area contributed by atoms with E-state index in [4.69, 9.17) is 0 Å². The molecule has 5 rings (SSSR count). The maximum Gasteiger partial charge on any atom is 0.172 e. The molecule has 3 unspecified atom stereocenters. The lowest BCUT2D eigenvalue weighted by atomic mass is 9.80. The molecule has 35 heavy (non-hydrogen) atoms. The van der Waals surface area contributed by atoms with Gasteiger partial charge in [0.25, 0.3) is 0 Å². The van der Waals surface area contributed by atoms with E-state index in [-0.39, 0.29) is 11.5 Å². The van der Waals surface area contributed by atoms with Gasteiger partial charge in [0.2, 0.25) is 0 Å². The van der Waals surface area contributed by atoms with Crippen LogP contribution in [0.4, 0.5) is 0 Å². The van der Waals surface area contributed by atoms with Crippen LogP contribution in [0.2, 0.25) is 0 Å². The standard InChI is InChI=1S/C31H37N4/c1-35-21-18-30(34-35)26-14-12-25(13-15-26)27(23-32)22-24-10-16-29(17-11-24)33-31(19-6-3-7-20-31)28-8-4-2-5-9-28/h3-4,6-10,12,14,16,19,21,27,30,33-34H,2,5,11,13,15,17-18,20,22H2,1H3/q+1. The molecule has 1 aliphatic heterocycles. The molecule has 2 N–H and O–H groups in total. The molecule has 0 aromatic heterocycles. The van der Waals surface area contributed by atoms with E-state index in [2.05, 4.69) is 102 Å². The van der Waals surface area contributed by atoms with Gasteiger partial charge in [0, 0.05) is 5.70 Å². The molecule has 0 amide bonds. The highest BCUT2D eigenvalue weighted by molar-refractivity contribution is 5.55. The summed E-state index contributed by atoms with van der Waals surface area (Å²) in [6, 6.07) is 3.01. The van der Waals surface area contributed by atoms with E-state index in [1.54, 1.807) is 0 Å². The molecule has 4 nitrogen and oxygen atoms in total. The normalized spacial score (nSPS) is 28.5. The summed E-state index contributed by atoms with van der Waals surface area (Å²) in [6.45, 7) is 0. The first-order valence-corrected chi connectivity index (χ1v) is 13.1. The van der Waals surface area contributed by atoms with Crippen molar-refractivity contribution in [2.45, 2.75) is 69.4 Å². The minimum absolute atomic E-state index is 0.0250. The number of nitrogens with one attached hydrogen (secondary N) is 2. The second-order valence-corrected chi connectivity index (χ2v) is 10.3. The quantitative estimate of drug-likeness (QED) is 0.462. The van der Waals surface area contributed by atoms with E-state index in [0.717, 1.165) is 57.8 Å². The molecule has 4 heteroatoms. The van der Waals surface area contributed by atoms with Crippen LogP contribution in [0, 0.1) is 17.2 Å². The van der Waals surface area contributed by atoms with Crippen molar-refractivity contribution in [3.05, 3.63) is 94.8 Å². The summed E-state index contributed by atoms with van der Waals surface area (Å²) in [7, 11) is 2.05. The Morgan fingerprint density at radius 2 is 2.06 bits per heavy atom. The molecule has 0 radical (unpaired) electrons. The molecule has 0 spiro atoms. The first-order valence-electron chi connectivity index (χ1n) is 13.1. The first-order chi connectivity index (χ1) is 17.1. The second-order valence-electron chi connectivity index (χ2n) is 10.3. The van der Waals surface area contributed by atoms with E-state index in [9.17, 15) is 5.26 Å². The van der Waals surface area contributed by atoms with Crippen molar-refractivity contribution in [2.75, 3.05) is 7.05 Å². The zero-order chi connectivity index (χ0) is 24.1. The number of hydrazone groups is 1. The number of allylic oxidation sites excluding steroid dienone is 11. The van der Waals surface area contributed by atoms with Crippen LogP contribution in [0.3, 0.4) is 0 Å². The van der Waals surface area contributed by atoms with E-state index < -0.39 is 0 Å². The third kappa shape index (κ3) is 5.35. The Labute approximate surface area is 210 Å². The topological polar surface area (TPSA) is 50.9 Å². The van der Waals surface area contributed by atoms with Gasteiger partial charge in [-0.2, -0.15) is 10.7 Å². The Kier molecular flexibility index (Phi) is 7.04. The molecule has 0 aromatic rings. The maximum atomic E-state index is 9.95. The van der Waals surface area contributed by atoms with Gasteiger partial charge in [0.05, 0.1) is 23.9 Å². The fraction of sp³-hybridized carbons (Fsp3) is 0.419. The van der Waals surface area contributed by atoms with Crippen molar-refractivity contribution in [1.82, 2.24) is 10.7 Å². The van der Waals surface area contributed by atoms with Crippen LogP contribution in [-0.4, -0.2) is 29.5 Å². The Morgan fingerprint density at radius 1 is 1.11 bits per heavy atom. The van der Waals surface area contributed by atoms with Gasteiger partial charge >= 0.3 is 0 Å². The van der Waals surface area contributed by atoms with Crippen molar-refractivity contribution >= 4 is 6.21 Å². The van der Waals surface area contributed by atoms with E-state index >= 15 is 0 Å². The van der Waals surface area contributed by atoms with Crippen molar-refractivity contribution < 1.29 is 4.68 Å². The van der Waals surface area contributed by atoms with Crippen LogP contribution < -0.4 is 10.7 Å². The highest BCUT2D eigenvalue weighted by Crippen LogP contribution is 2.35. The van der Waals surface area contributed by atoms with Crippen LogP contribution in [0.15, 0.2) is 94.8 Å². The smallest absolute Gasteiger partial charge is 0.172 e. The summed E-state index contributed by atoms with van der Waals surface area (Å²) in [5.41, 5.74) is 10.1. The summed E-state index contributed by atoms with van der Waals surface area (Å²) in [5.74, 6) is -0.0250. The summed E-state index contributed by atoms with van der Waals surface area (Å²) in [5, 5.41) is 13.8. The lowest BCUT2D eigenvalue weighted by molar-refractivity contribution is -0.550. The van der Waals surface area contributed by atoms with Gasteiger partial charge in [-0.3, -0.25) is 0 Å². The third-order valence-electron chi connectivity index (χ3n) is 7.90. The highest BCUT2D eigenvalue weighted by Gasteiger charge is 2.32. The molecule has 1 heterocycles. The minimum atomic E-state index is -0.143. The summed E-state index contributed by atoms with van der Waals surface area (Å²) in [6.07, 6.45) is 36.2. The lowest BCUT2D eigenvalue weighted by Crippen LogP contribution is -2.45. The first kappa shape index (κ1) is 23.4. The van der Waals surface area contributed by atoms with Crippen LogP contribution >= 0.6 is 0 Å². The van der Waals surface area contributed by atoms with Gasteiger partial charge < -0.3 is 5.32 Å². The number of hydrazine groups is 1. The number of hydrogen-bond acceptors (Lipinski definition) is 3. The Hall–Kier alpha value is -3.32. The highest BCUT2D eigenvalue weighted by atomic mass is 15.4. The number of nitrogens with zero attached hydrogens (tertiary/aromatic N) is 2. The molecular formula is C31H37N4+. The molecule has 0 bridgehead atoms. The van der Waals surface area contributed by atoms with Gasteiger partial charge in [0.1, 0.15) is 6.04 Å². The molecule has 0 saturated heterocycles. The Bertz CT molecular complexity index is 1160. The predicted molar refractivity (Wildman–Crippen MR) is 144 cm³/mol. The third-order valence-corrected chi connectivity index (χ3v) is 7.90. The zero-order valence-corrected chi connectivity index (χ0v) is 20.8. The van der Waals surface area contributed by atoms with Gasteiger partial charge in [-0.15, -0.1) is 4.68 Å². The summed E-state index contributed by atoms with van der Waals surface area (Å²) in [4.78, 5) is 0. The van der Waals surface area contributed by atoms with Gasteiger partial charge in [-0.1, -0.05) is 71.9 Å². The van der Waals surface area contributed by atoms with Gasteiger partial charge in [-0.05, 0) is 68.6 Å². The van der Waals surface area contributed by atoms with Crippen LogP contribution in [0.1, 0.15) is 57.8 Å². The van der Waals surface area contributed by atoms with E-state index in [1.165, 1.54) is 28.0 Å². The summed E-state index contributed by atoms with van der Waals surface area (Å²) >= 11 is 0. The second kappa shape index (κ2) is 10.5. The molecule has 4 aliphatic carbocycles. The van der Waals surface area contributed by atoms with E-state index in [0.29, 0.717) is 6.04 Å². The monoisotopic (exact) mass is 465 g/mol. The average molecular weight is 466 g/mol. The van der Waals surface area contributed by atoms with Crippen molar-refractivity contribution in [2.24, 2.45) is 5.92 Å². The Balaban J connectivity index is 1.24. The molecule has 0 fully saturated rings. The predicted octanol–water partition coefficient (Wildman–Crippen LogP) is 5.88. The molecule has 0 saturated carbocycles. The maximum absolute atomic E-state index is 9.95. The fourth-order valence-electron chi connectivity index (χ4n) is 5.81. The fourth-order valence-corrected chi connectivity index (χ4v) is 5.81. The number of hydrogen-bond donors (Lipinski definition) is 2. The number of nitriles is 1. The zero-order valence-electron chi connectivity index (χ0n) is 20.8.